The third-order valence-electron chi connectivity index (χ3n) is 4.66. The average molecular weight is 340 g/mol. The highest BCUT2D eigenvalue weighted by atomic mass is 19.1. The standard InChI is InChI=1S/C20H21FN2O2/c1-13-5-4-6-14(2)19(13)23-18(24)11-17(20(23)25)22(3)12-15-7-9-16(21)10-8-15/h4-10,17H,11-12H2,1-3H3. The first kappa shape index (κ1) is 17.3. The Hall–Kier alpha value is -2.53. The Morgan fingerprint density at radius 3 is 2.28 bits per heavy atom. The molecular weight excluding hydrogens is 319 g/mol. The van der Waals surface area contributed by atoms with Gasteiger partial charge in [-0.25, -0.2) is 9.29 Å². The van der Waals surface area contributed by atoms with E-state index in [-0.39, 0.29) is 24.1 Å². The van der Waals surface area contributed by atoms with Crippen LogP contribution in [0.5, 0.6) is 0 Å². The molecule has 1 saturated heterocycles. The lowest BCUT2D eigenvalue weighted by molar-refractivity contribution is -0.122. The summed E-state index contributed by atoms with van der Waals surface area (Å²) >= 11 is 0. The molecule has 3 rings (SSSR count). The number of aryl methyl sites for hydroxylation is 2. The van der Waals surface area contributed by atoms with Crippen LogP contribution in [0.15, 0.2) is 42.5 Å². The lowest BCUT2D eigenvalue weighted by atomic mass is 10.1. The molecule has 1 fully saturated rings. The zero-order valence-corrected chi connectivity index (χ0v) is 14.6. The summed E-state index contributed by atoms with van der Waals surface area (Å²) in [6, 6.07) is 11.4. The lowest BCUT2D eigenvalue weighted by Crippen LogP contribution is -2.40. The second-order valence-corrected chi connectivity index (χ2v) is 6.57. The fourth-order valence-corrected chi connectivity index (χ4v) is 3.34. The number of halogens is 1. The smallest absolute Gasteiger partial charge is 0.251 e. The van der Waals surface area contributed by atoms with Crippen molar-refractivity contribution in [3.63, 3.8) is 0 Å². The van der Waals surface area contributed by atoms with Crippen LogP contribution in [-0.4, -0.2) is 29.8 Å². The van der Waals surface area contributed by atoms with Gasteiger partial charge in [0.1, 0.15) is 5.82 Å². The van der Waals surface area contributed by atoms with Crippen LogP contribution >= 0.6 is 0 Å². The normalized spacial score (nSPS) is 17.6. The number of imide groups is 1. The molecule has 2 aromatic carbocycles. The molecule has 0 radical (unpaired) electrons. The molecule has 130 valence electrons. The van der Waals surface area contributed by atoms with Crippen molar-refractivity contribution in [3.05, 3.63) is 65.0 Å². The first-order valence-electron chi connectivity index (χ1n) is 8.26. The Morgan fingerprint density at radius 2 is 1.68 bits per heavy atom. The number of carbonyl (C=O) groups excluding carboxylic acids is 2. The maximum absolute atomic E-state index is 13.0. The van der Waals surface area contributed by atoms with Crippen molar-refractivity contribution in [2.24, 2.45) is 0 Å². The molecule has 0 bridgehead atoms. The summed E-state index contributed by atoms with van der Waals surface area (Å²) in [6.45, 7) is 4.28. The lowest BCUT2D eigenvalue weighted by Gasteiger charge is -2.24. The summed E-state index contributed by atoms with van der Waals surface area (Å²) in [5.41, 5.74) is 3.40. The summed E-state index contributed by atoms with van der Waals surface area (Å²) in [5, 5.41) is 0. The van der Waals surface area contributed by atoms with E-state index in [1.54, 1.807) is 12.1 Å². The molecule has 4 nitrogen and oxygen atoms in total. The zero-order valence-electron chi connectivity index (χ0n) is 14.6. The number of likely N-dealkylation sites (N-methyl/N-ethyl adjacent to an activating group) is 1. The van der Waals surface area contributed by atoms with E-state index in [1.807, 2.05) is 44.0 Å². The second-order valence-electron chi connectivity index (χ2n) is 6.57. The first-order chi connectivity index (χ1) is 11.9. The number of hydrogen-bond acceptors (Lipinski definition) is 3. The van der Waals surface area contributed by atoms with Crippen molar-refractivity contribution < 1.29 is 14.0 Å². The van der Waals surface area contributed by atoms with Gasteiger partial charge in [0.15, 0.2) is 0 Å². The molecule has 5 heteroatoms. The summed E-state index contributed by atoms with van der Waals surface area (Å²) < 4.78 is 13.0. The molecule has 1 unspecified atom stereocenters. The molecule has 2 amide bonds. The fourth-order valence-electron chi connectivity index (χ4n) is 3.34. The molecular formula is C20H21FN2O2. The van der Waals surface area contributed by atoms with E-state index in [2.05, 4.69) is 0 Å². The van der Waals surface area contributed by atoms with Gasteiger partial charge in [-0.3, -0.25) is 14.5 Å². The minimum absolute atomic E-state index is 0.157. The Morgan fingerprint density at radius 1 is 1.08 bits per heavy atom. The van der Waals surface area contributed by atoms with Crippen LogP contribution < -0.4 is 4.90 Å². The van der Waals surface area contributed by atoms with E-state index in [1.165, 1.54) is 17.0 Å². The second kappa shape index (κ2) is 6.76. The van der Waals surface area contributed by atoms with E-state index >= 15 is 0 Å². The average Bonchev–Trinajstić information content (AvgIpc) is 2.85. The highest BCUT2D eigenvalue weighted by Crippen LogP contribution is 2.31. The van der Waals surface area contributed by atoms with E-state index in [9.17, 15) is 14.0 Å². The Labute approximate surface area is 146 Å². The number of benzene rings is 2. The number of hydrogen-bond donors (Lipinski definition) is 0. The molecule has 0 aromatic heterocycles. The molecule has 0 spiro atoms. The highest BCUT2D eigenvalue weighted by molar-refractivity contribution is 6.23. The van der Waals surface area contributed by atoms with E-state index < -0.39 is 6.04 Å². The van der Waals surface area contributed by atoms with Gasteiger partial charge in [0, 0.05) is 6.54 Å². The Balaban J connectivity index is 1.82. The van der Waals surface area contributed by atoms with Gasteiger partial charge in [0.25, 0.3) is 5.91 Å². The predicted octanol–water partition coefficient (Wildman–Crippen LogP) is 3.21. The monoisotopic (exact) mass is 340 g/mol. The number of nitrogens with zero attached hydrogens (tertiary/aromatic N) is 2. The predicted molar refractivity (Wildman–Crippen MR) is 94.7 cm³/mol. The van der Waals surface area contributed by atoms with Crippen molar-refractivity contribution >= 4 is 17.5 Å². The molecule has 25 heavy (non-hydrogen) atoms. The maximum atomic E-state index is 13.0. The van der Waals surface area contributed by atoms with Gasteiger partial charge in [-0.2, -0.15) is 0 Å². The Bertz CT molecular complexity index is 797. The van der Waals surface area contributed by atoms with E-state index in [0.29, 0.717) is 12.2 Å². The number of rotatable bonds is 4. The van der Waals surface area contributed by atoms with Crippen LogP contribution in [-0.2, 0) is 16.1 Å². The van der Waals surface area contributed by atoms with Gasteiger partial charge >= 0.3 is 0 Å². The third-order valence-corrected chi connectivity index (χ3v) is 4.66. The number of amides is 2. The van der Waals surface area contributed by atoms with Crippen molar-refractivity contribution in [1.82, 2.24) is 4.90 Å². The molecule has 0 saturated carbocycles. The van der Waals surface area contributed by atoms with Crippen molar-refractivity contribution in [2.45, 2.75) is 32.9 Å². The van der Waals surface area contributed by atoms with Gasteiger partial charge < -0.3 is 0 Å². The van der Waals surface area contributed by atoms with Crippen LogP contribution in [0.4, 0.5) is 10.1 Å². The largest absolute Gasteiger partial charge is 0.290 e. The number of para-hydroxylation sites is 1. The van der Waals surface area contributed by atoms with Gasteiger partial charge in [-0.05, 0) is 49.7 Å². The minimum atomic E-state index is -0.503. The SMILES string of the molecule is Cc1cccc(C)c1N1C(=O)CC(N(C)Cc2ccc(F)cc2)C1=O. The highest BCUT2D eigenvalue weighted by Gasteiger charge is 2.42. The minimum Gasteiger partial charge on any atom is -0.290 e. The summed E-state index contributed by atoms with van der Waals surface area (Å²) in [4.78, 5) is 28.6. The zero-order chi connectivity index (χ0) is 18.1. The van der Waals surface area contributed by atoms with Gasteiger partial charge in [0.05, 0.1) is 18.2 Å². The van der Waals surface area contributed by atoms with Crippen LogP contribution in [0.25, 0.3) is 0 Å². The molecule has 2 aromatic rings. The molecule has 1 atom stereocenters. The third kappa shape index (κ3) is 3.33. The summed E-state index contributed by atoms with van der Waals surface area (Å²) in [5.74, 6) is -0.676. The van der Waals surface area contributed by atoms with E-state index in [4.69, 9.17) is 0 Å². The molecule has 0 aliphatic carbocycles. The van der Waals surface area contributed by atoms with Crippen LogP contribution in [0, 0.1) is 19.7 Å². The number of anilines is 1. The van der Waals surface area contributed by atoms with Crippen molar-refractivity contribution in [1.29, 1.82) is 0 Å². The van der Waals surface area contributed by atoms with Crippen molar-refractivity contribution in [2.75, 3.05) is 11.9 Å². The topological polar surface area (TPSA) is 40.6 Å². The number of carbonyl (C=O) groups is 2. The quantitative estimate of drug-likeness (QED) is 0.803. The molecule has 1 heterocycles. The molecule has 1 aliphatic rings. The first-order valence-corrected chi connectivity index (χ1v) is 8.26. The summed E-state index contributed by atoms with van der Waals surface area (Å²) in [6.07, 6.45) is 0.157. The summed E-state index contributed by atoms with van der Waals surface area (Å²) in [7, 11) is 1.81. The van der Waals surface area contributed by atoms with Crippen molar-refractivity contribution in [3.8, 4) is 0 Å². The van der Waals surface area contributed by atoms with Gasteiger partial charge in [-0.1, -0.05) is 30.3 Å². The van der Waals surface area contributed by atoms with E-state index in [0.717, 1.165) is 16.7 Å². The Kier molecular flexibility index (Phi) is 4.68. The van der Waals surface area contributed by atoms with Gasteiger partial charge in [0.2, 0.25) is 5.91 Å². The van der Waals surface area contributed by atoms with Crippen LogP contribution in [0.1, 0.15) is 23.1 Å². The van der Waals surface area contributed by atoms with Crippen LogP contribution in [0.2, 0.25) is 0 Å². The molecule has 0 N–H and O–H groups in total. The fraction of sp³-hybridized carbons (Fsp3) is 0.300. The maximum Gasteiger partial charge on any atom is 0.251 e. The van der Waals surface area contributed by atoms with Gasteiger partial charge in [-0.15, -0.1) is 0 Å². The molecule has 1 aliphatic heterocycles. The van der Waals surface area contributed by atoms with Crippen LogP contribution in [0.3, 0.4) is 0 Å².